The Hall–Kier alpha value is -4.04. The second-order valence-corrected chi connectivity index (χ2v) is 8.80. The van der Waals surface area contributed by atoms with Gasteiger partial charge in [-0.2, -0.15) is 0 Å². The van der Waals surface area contributed by atoms with E-state index in [-0.39, 0.29) is 18.0 Å². The van der Waals surface area contributed by atoms with Gasteiger partial charge in [0, 0.05) is 18.1 Å². The molecule has 0 saturated carbocycles. The van der Waals surface area contributed by atoms with Crippen LogP contribution in [-0.4, -0.2) is 42.7 Å². The minimum Gasteiger partial charge on any atom is -0.487 e. The number of nitrogens with one attached hydrogen (secondary N) is 1. The third kappa shape index (κ3) is 4.40. The van der Waals surface area contributed by atoms with E-state index < -0.39 is 0 Å². The Morgan fingerprint density at radius 3 is 2.41 bits per heavy atom. The number of ether oxygens (including phenoxy) is 2. The van der Waals surface area contributed by atoms with Crippen LogP contribution in [0.5, 0.6) is 5.75 Å². The zero-order valence-electron chi connectivity index (χ0n) is 18.5. The van der Waals surface area contributed by atoms with Crippen LogP contribution < -0.4 is 15.0 Å². The normalized spacial score (nSPS) is 13.3. The fraction of sp³-hybridized carbons (Fsp3) is 0.154. The van der Waals surface area contributed by atoms with Crippen LogP contribution in [0.2, 0.25) is 0 Å². The van der Waals surface area contributed by atoms with E-state index in [1.165, 1.54) is 18.4 Å². The number of thiophene rings is 1. The molecule has 172 valence electrons. The first-order valence-corrected chi connectivity index (χ1v) is 11.7. The molecular weight excluding hydrogens is 450 g/mol. The number of para-hydroxylation sites is 1. The zero-order valence-corrected chi connectivity index (χ0v) is 19.3. The van der Waals surface area contributed by atoms with E-state index in [1.807, 2.05) is 76.9 Å². The first kappa shape index (κ1) is 21.8. The van der Waals surface area contributed by atoms with Gasteiger partial charge in [0.05, 0.1) is 42.0 Å². The van der Waals surface area contributed by atoms with Gasteiger partial charge in [-0.3, -0.25) is 4.79 Å². The minimum atomic E-state index is -0.370. The standard InChI is InChI=1S/C26H23N3O4S/c1-32-26(31)21-6-4-7-22(24(21)28-13-2-3-14-28)29-16-20(17-29)33-19-11-9-18(10-12-19)27-25(30)23-8-5-15-34-23/h2-15,20H,16-17H2,1H3,(H,27,30). The summed E-state index contributed by atoms with van der Waals surface area (Å²) in [6.07, 6.45) is 3.85. The summed E-state index contributed by atoms with van der Waals surface area (Å²) in [4.78, 5) is 27.4. The first-order valence-electron chi connectivity index (χ1n) is 10.8. The number of benzene rings is 2. The predicted molar refractivity (Wildman–Crippen MR) is 132 cm³/mol. The molecule has 0 unspecified atom stereocenters. The molecule has 0 aliphatic carbocycles. The highest BCUT2D eigenvalue weighted by Crippen LogP contribution is 2.33. The summed E-state index contributed by atoms with van der Waals surface area (Å²) < 4.78 is 13.0. The van der Waals surface area contributed by atoms with Crippen LogP contribution in [-0.2, 0) is 4.74 Å². The van der Waals surface area contributed by atoms with Crippen molar-refractivity contribution in [2.24, 2.45) is 0 Å². The van der Waals surface area contributed by atoms with E-state index in [9.17, 15) is 9.59 Å². The van der Waals surface area contributed by atoms with Gasteiger partial charge in [-0.1, -0.05) is 12.1 Å². The lowest BCUT2D eigenvalue weighted by atomic mass is 10.1. The second kappa shape index (κ2) is 9.44. The third-order valence-electron chi connectivity index (χ3n) is 5.63. The van der Waals surface area contributed by atoms with Gasteiger partial charge >= 0.3 is 5.97 Å². The van der Waals surface area contributed by atoms with Gasteiger partial charge in [0.15, 0.2) is 0 Å². The summed E-state index contributed by atoms with van der Waals surface area (Å²) >= 11 is 1.41. The van der Waals surface area contributed by atoms with Gasteiger partial charge in [-0.05, 0) is 60.0 Å². The molecule has 5 rings (SSSR count). The number of methoxy groups -OCH3 is 1. The number of hydrogen-bond acceptors (Lipinski definition) is 6. The number of carbonyl (C=O) groups excluding carboxylic acids is 2. The molecule has 3 heterocycles. The van der Waals surface area contributed by atoms with Crippen molar-refractivity contribution < 1.29 is 19.1 Å². The Morgan fingerprint density at radius 1 is 0.971 bits per heavy atom. The van der Waals surface area contributed by atoms with Crippen molar-refractivity contribution in [1.82, 2.24) is 4.57 Å². The van der Waals surface area contributed by atoms with Gasteiger partial charge in [0.2, 0.25) is 0 Å². The zero-order chi connectivity index (χ0) is 23.5. The van der Waals surface area contributed by atoms with Gasteiger partial charge < -0.3 is 24.3 Å². The maximum absolute atomic E-state index is 12.4. The maximum atomic E-state index is 12.4. The van der Waals surface area contributed by atoms with Crippen LogP contribution in [0.25, 0.3) is 5.69 Å². The van der Waals surface area contributed by atoms with E-state index in [4.69, 9.17) is 9.47 Å². The number of esters is 1. The van der Waals surface area contributed by atoms with E-state index >= 15 is 0 Å². The lowest BCUT2D eigenvalue weighted by Crippen LogP contribution is -2.54. The third-order valence-corrected chi connectivity index (χ3v) is 6.50. The Balaban J connectivity index is 1.24. The number of rotatable bonds is 7. The summed E-state index contributed by atoms with van der Waals surface area (Å²) in [7, 11) is 1.39. The highest BCUT2D eigenvalue weighted by atomic mass is 32.1. The largest absolute Gasteiger partial charge is 0.487 e. The number of amides is 1. The number of aromatic nitrogens is 1. The van der Waals surface area contributed by atoms with Crippen LogP contribution in [0.1, 0.15) is 20.0 Å². The molecule has 2 aromatic carbocycles. The molecule has 7 nitrogen and oxygen atoms in total. The lowest BCUT2D eigenvalue weighted by molar-refractivity contribution is 0.0600. The number of anilines is 2. The Labute approximate surface area is 201 Å². The summed E-state index contributed by atoms with van der Waals surface area (Å²) in [5, 5.41) is 4.76. The molecule has 2 aromatic heterocycles. The molecule has 0 atom stereocenters. The Morgan fingerprint density at radius 2 is 1.74 bits per heavy atom. The Kier molecular flexibility index (Phi) is 6.05. The second-order valence-electron chi connectivity index (χ2n) is 7.86. The fourth-order valence-corrected chi connectivity index (χ4v) is 4.55. The number of hydrogen-bond donors (Lipinski definition) is 1. The van der Waals surface area contributed by atoms with Crippen LogP contribution in [0.4, 0.5) is 11.4 Å². The fourth-order valence-electron chi connectivity index (χ4n) is 3.94. The van der Waals surface area contributed by atoms with Gasteiger partial charge in [0.1, 0.15) is 11.9 Å². The molecule has 4 aromatic rings. The van der Waals surface area contributed by atoms with Crippen molar-refractivity contribution in [3.63, 3.8) is 0 Å². The molecule has 1 aliphatic heterocycles. The van der Waals surface area contributed by atoms with Crippen molar-refractivity contribution in [2.45, 2.75) is 6.10 Å². The summed E-state index contributed by atoms with van der Waals surface area (Å²) in [5.74, 6) is 0.254. The molecular formula is C26H23N3O4S. The van der Waals surface area contributed by atoms with Crippen molar-refractivity contribution in [3.05, 3.63) is 94.9 Å². The SMILES string of the molecule is COC(=O)c1cccc(N2CC(Oc3ccc(NC(=O)c4cccs4)cc3)C2)c1-n1cccc1. The van der Waals surface area contributed by atoms with Crippen molar-refractivity contribution >= 4 is 34.6 Å². The molecule has 0 radical (unpaired) electrons. The Bertz CT molecular complexity index is 1280. The molecule has 1 amide bonds. The van der Waals surface area contributed by atoms with Crippen LogP contribution in [0, 0.1) is 0 Å². The minimum absolute atomic E-state index is 0.0193. The molecule has 34 heavy (non-hydrogen) atoms. The number of carbonyl (C=O) groups is 2. The summed E-state index contributed by atoms with van der Waals surface area (Å²) in [5.41, 5.74) is 2.98. The molecule has 8 heteroatoms. The molecule has 1 aliphatic rings. The van der Waals surface area contributed by atoms with Crippen LogP contribution >= 0.6 is 11.3 Å². The summed E-state index contributed by atoms with van der Waals surface area (Å²) in [6.45, 7) is 1.38. The topological polar surface area (TPSA) is 72.8 Å². The van der Waals surface area contributed by atoms with E-state index in [0.717, 1.165) is 22.8 Å². The average molecular weight is 474 g/mol. The van der Waals surface area contributed by atoms with E-state index in [2.05, 4.69) is 10.2 Å². The molecule has 1 fully saturated rings. The monoisotopic (exact) mass is 473 g/mol. The quantitative estimate of drug-likeness (QED) is 0.389. The van der Waals surface area contributed by atoms with Crippen LogP contribution in [0.15, 0.2) is 84.5 Å². The van der Waals surface area contributed by atoms with Crippen molar-refractivity contribution in [3.8, 4) is 11.4 Å². The first-order chi connectivity index (χ1) is 16.6. The maximum Gasteiger partial charge on any atom is 0.340 e. The van der Waals surface area contributed by atoms with Gasteiger partial charge in [-0.15, -0.1) is 11.3 Å². The smallest absolute Gasteiger partial charge is 0.340 e. The van der Waals surface area contributed by atoms with E-state index in [1.54, 1.807) is 12.1 Å². The lowest BCUT2D eigenvalue weighted by Gasteiger charge is -2.41. The predicted octanol–water partition coefficient (Wildman–Crippen LogP) is 4.85. The molecule has 1 N–H and O–H groups in total. The highest BCUT2D eigenvalue weighted by molar-refractivity contribution is 7.12. The van der Waals surface area contributed by atoms with Gasteiger partial charge in [0.25, 0.3) is 5.91 Å². The summed E-state index contributed by atoms with van der Waals surface area (Å²) in [6, 6.07) is 20.5. The highest BCUT2D eigenvalue weighted by Gasteiger charge is 2.32. The molecule has 0 bridgehead atoms. The van der Waals surface area contributed by atoms with Crippen molar-refractivity contribution in [2.75, 3.05) is 30.4 Å². The van der Waals surface area contributed by atoms with Gasteiger partial charge in [-0.25, -0.2) is 4.79 Å². The van der Waals surface area contributed by atoms with Crippen molar-refractivity contribution in [1.29, 1.82) is 0 Å². The number of nitrogens with zero attached hydrogens (tertiary/aromatic N) is 2. The van der Waals surface area contributed by atoms with E-state index in [0.29, 0.717) is 23.5 Å². The average Bonchev–Trinajstić information content (AvgIpc) is 3.56. The molecule has 1 saturated heterocycles. The van der Waals surface area contributed by atoms with Crippen LogP contribution in [0.3, 0.4) is 0 Å². The molecule has 0 spiro atoms.